The van der Waals surface area contributed by atoms with E-state index < -0.39 is 11.9 Å². The highest BCUT2D eigenvalue weighted by atomic mass is 16.5. The first-order chi connectivity index (χ1) is 15.7. The summed E-state index contributed by atoms with van der Waals surface area (Å²) in [6.45, 7) is 0.364. The molecule has 0 aromatic heterocycles. The van der Waals surface area contributed by atoms with Gasteiger partial charge in [0.2, 0.25) is 0 Å². The van der Waals surface area contributed by atoms with E-state index in [-0.39, 0.29) is 13.2 Å². The zero-order chi connectivity index (χ0) is 22.2. The summed E-state index contributed by atoms with van der Waals surface area (Å²) in [5.74, 6) is -0.960. The number of benzene rings is 4. The van der Waals surface area contributed by atoms with E-state index in [9.17, 15) is 9.59 Å². The van der Waals surface area contributed by atoms with Crippen LogP contribution in [0, 0.1) is 0 Å². The number of carbonyl (C=O) groups is 2. The summed E-state index contributed by atoms with van der Waals surface area (Å²) in [4.78, 5) is 23.9. The van der Waals surface area contributed by atoms with Crippen LogP contribution in [0.4, 0.5) is 0 Å². The van der Waals surface area contributed by atoms with Gasteiger partial charge in [-0.2, -0.15) is 0 Å². The minimum Gasteiger partial charge on any atom is -0.458 e. The van der Waals surface area contributed by atoms with Crippen molar-refractivity contribution in [3.63, 3.8) is 0 Å². The number of fused-ring (bicyclic) bond motifs is 2. The minimum absolute atomic E-state index is 0.182. The molecule has 0 fully saturated rings. The molecule has 0 atom stereocenters. The maximum atomic E-state index is 12.0. The lowest BCUT2D eigenvalue weighted by Crippen LogP contribution is -2.02. The number of rotatable bonds is 7. The summed E-state index contributed by atoms with van der Waals surface area (Å²) in [7, 11) is 0. The van der Waals surface area contributed by atoms with Crippen LogP contribution in [0.25, 0.3) is 21.5 Å². The Kier molecular flexibility index (Phi) is 6.73. The fourth-order valence-electron chi connectivity index (χ4n) is 3.50. The summed E-state index contributed by atoms with van der Waals surface area (Å²) in [6, 6.07) is 27.7. The van der Waals surface area contributed by atoms with E-state index in [0.717, 1.165) is 32.7 Å². The molecule has 32 heavy (non-hydrogen) atoms. The topological polar surface area (TPSA) is 52.6 Å². The van der Waals surface area contributed by atoms with E-state index in [2.05, 4.69) is 0 Å². The van der Waals surface area contributed by atoms with Crippen molar-refractivity contribution in [2.24, 2.45) is 0 Å². The van der Waals surface area contributed by atoms with Gasteiger partial charge in [-0.25, -0.2) is 9.59 Å². The molecule has 0 unspecified atom stereocenters. The standard InChI is InChI=1S/C28H22O4/c29-27(31-19-23-13-7-11-21-9-1-3-15-25(21)23)17-5-6-18-28(30)32-20-24-14-8-12-22-10-2-4-16-26(22)24/h1-18H,19-20H2/b17-5+,18-6+. The molecule has 4 aromatic rings. The summed E-state index contributed by atoms with van der Waals surface area (Å²) in [5, 5.41) is 4.31. The van der Waals surface area contributed by atoms with Crippen LogP contribution in [0.5, 0.6) is 0 Å². The van der Waals surface area contributed by atoms with E-state index in [1.165, 1.54) is 24.3 Å². The molecule has 0 bridgehead atoms. The van der Waals surface area contributed by atoms with Crippen molar-refractivity contribution in [2.45, 2.75) is 13.2 Å². The largest absolute Gasteiger partial charge is 0.458 e. The lowest BCUT2D eigenvalue weighted by atomic mass is 10.1. The van der Waals surface area contributed by atoms with E-state index in [1.54, 1.807) is 0 Å². The molecule has 0 aliphatic carbocycles. The summed E-state index contributed by atoms with van der Waals surface area (Å²) in [6.07, 6.45) is 5.48. The molecule has 0 amide bonds. The highest BCUT2D eigenvalue weighted by Crippen LogP contribution is 2.20. The zero-order valence-corrected chi connectivity index (χ0v) is 17.4. The second-order valence-corrected chi connectivity index (χ2v) is 7.21. The molecule has 0 saturated heterocycles. The molecule has 0 spiro atoms. The lowest BCUT2D eigenvalue weighted by molar-refractivity contribution is -0.139. The highest BCUT2D eigenvalue weighted by molar-refractivity contribution is 5.88. The molecule has 0 N–H and O–H groups in total. The number of allylic oxidation sites excluding steroid dienone is 2. The maximum Gasteiger partial charge on any atom is 0.331 e. The Hall–Kier alpha value is -4.18. The molecule has 0 saturated carbocycles. The third-order valence-corrected chi connectivity index (χ3v) is 5.08. The van der Waals surface area contributed by atoms with Crippen molar-refractivity contribution in [3.05, 3.63) is 120 Å². The minimum atomic E-state index is -0.480. The van der Waals surface area contributed by atoms with Gasteiger partial charge in [0.1, 0.15) is 13.2 Å². The van der Waals surface area contributed by atoms with Gasteiger partial charge in [0.25, 0.3) is 0 Å². The molecule has 4 heteroatoms. The van der Waals surface area contributed by atoms with E-state index >= 15 is 0 Å². The van der Waals surface area contributed by atoms with Crippen LogP contribution < -0.4 is 0 Å². The summed E-state index contributed by atoms with van der Waals surface area (Å²) < 4.78 is 10.6. The predicted molar refractivity (Wildman–Crippen MR) is 126 cm³/mol. The van der Waals surface area contributed by atoms with Crippen LogP contribution in [-0.4, -0.2) is 11.9 Å². The smallest absolute Gasteiger partial charge is 0.331 e. The second-order valence-electron chi connectivity index (χ2n) is 7.21. The Balaban J connectivity index is 1.26. The summed E-state index contributed by atoms with van der Waals surface area (Å²) in [5.41, 5.74) is 1.88. The Morgan fingerprint density at radius 3 is 1.44 bits per heavy atom. The summed E-state index contributed by atoms with van der Waals surface area (Å²) >= 11 is 0. The van der Waals surface area contributed by atoms with Crippen LogP contribution >= 0.6 is 0 Å². The van der Waals surface area contributed by atoms with Gasteiger partial charge in [-0.1, -0.05) is 97.1 Å². The first kappa shape index (κ1) is 21.1. The van der Waals surface area contributed by atoms with Crippen molar-refractivity contribution in [1.82, 2.24) is 0 Å². The van der Waals surface area contributed by atoms with Gasteiger partial charge < -0.3 is 9.47 Å². The second kappa shape index (κ2) is 10.2. The number of esters is 2. The molecular formula is C28H22O4. The van der Waals surface area contributed by atoms with Crippen molar-refractivity contribution >= 4 is 33.5 Å². The van der Waals surface area contributed by atoms with Crippen molar-refractivity contribution < 1.29 is 19.1 Å². The molecule has 4 rings (SSSR count). The number of hydrogen-bond donors (Lipinski definition) is 0. The molecule has 0 heterocycles. The van der Waals surface area contributed by atoms with Gasteiger partial charge in [0, 0.05) is 12.2 Å². The first-order valence-electron chi connectivity index (χ1n) is 10.3. The Morgan fingerprint density at radius 1 is 0.562 bits per heavy atom. The molecule has 0 aliphatic heterocycles. The zero-order valence-electron chi connectivity index (χ0n) is 17.4. The van der Waals surface area contributed by atoms with Gasteiger partial charge in [-0.3, -0.25) is 0 Å². The van der Waals surface area contributed by atoms with Gasteiger partial charge in [-0.15, -0.1) is 0 Å². The monoisotopic (exact) mass is 422 g/mol. The van der Waals surface area contributed by atoms with Gasteiger partial charge in [-0.05, 0) is 32.7 Å². The highest BCUT2D eigenvalue weighted by Gasteiger charge is 2.04. The van der Waals surface area contributed by atoms with Crippen LogP contribution in [-0.2, 0) is 32.3 Å². The Bertz CT molecular complexity index is 1200. The number of ether oxygens (including phenoxy) is 2. The average molecular weight is 422 g/mol. The van der Waals surface area contributed by atoms with Gasteiger partial charge in [0.15, 0.2) is 0 Å². The van der Waals surface area contributed by atoms with Crippen molar-refractivity contribution in [3.8, 4) is 0 Å². The van der Waals surface area contributed by atoms with Crippen LogP contribution in [0.2, 0.25) is 0 Å². The molecular weight excluding hydrogens is 400 g/mol. The van der Waals surface area contributed by atoms with E-state index in [1.807, 2.05) is 84.9 Å². The van der Waals surface area contributed by atoms with Crippen LogP contribution in [0.15, 0.2) is 109 Å². The molecule has 4 nitrogen and oxygen atoms in total. The molecule has 158 valence electrons. The van der Waals surface area contributed by atoms with Crippen LogP contribution in [0.3, 0.4) is 0 Å². The maximum absolute atomic E-state index is 12.0. The Morgan fingerprint density at radius 2 is 0.969 bits per heavy atom. The first-order valence-corrected chi connectivity index (χ1v) is 10.3. The predicted octanol–water partition coefficient (Wildman–Crippen LogP) is 5.89. The quantitative estimate of drug-likeness (QED) is 0.212. The molecule has 4 aromatic carbocycles. The third-order valence-electron chi connectivity index (χ3n) is 5.08. The SMILES string of the molecule is O=C(/C=C/C=C/C(=O)OCc1cccc2ccccc12)OCc1cccc2ccccc12. The van der Waals surface area contributed by atoms with Crippen molar-refractivity contribution in [2.75, 3.05) is 0 Å². The van der Waals surface area contributed by atoms with Gasteiger partial charge >= 0.3 is 11.9 Å². The van der Waals surface area contributed by atoms with Gasteiger partial charge in [0.05, 0.1) is 0 Å². The third kappa shape index (κ3) is 5.29. The number of carbonyl (C=O) groups excluding carboxylic acids is 2. The molecule has 0 aliphatic rings. The Labute approximate surface area is 186 Å². The lowest BCUT2D eigenvalue weighted by Gasteiger charge is -2.06. The normalized spacial score (nSPS) is 11.4. The van der Waals surface area contributed by atoms with E-state index in [0.29, 0.717) is 0 Å². The van der Waals surface area contributed by atoms with Crippen molar-refractivity contribution in [1.29, 1.82) is 0 Å². The average Bonchev–Trinajstić information content (AvgIpc) is 2.84. The number of hydrogen-bond acceptors (Lipinski definition) is 4. The fourth-order valence-corrected chi connectivity index (χ4v) is 3.50. The molecule has 0 radical (unpaired) electrons. The van der Waals surface area contributed by atoms with E-state index in [4.69, 9.17) is 9.47 Å². The van der Waals surface area contributed by atoms with Crippen LogP contribution in [0.1, 0.15) is 11.1 Å². The fraction of sp³-hybridized carbons (Fsp3) is 0.0714.